The van der Waals surface area contributed by atoms with Gasteiger partial charge in [-0.1, -0.05) is 0 Å². The Morgan fingerprint density at radius 2 is 1.63 bits per heavy atom. The molecule has 1 saturated carbocycles. The fourth-order valence-corrected chi connectivity index (χ4v) is 3.80. The highest BCUT2D eigenvalue weighted by molar-refractivity contribution is 5.79. The van der Waals surface area contributed by atoms with E-state index in [1.54, 1.807) is 0 Å². The minimum Gasteiger partial charge on any atom is -0.353 e. The quantitative estimate of drug-likeness (QED) is 0.809. The molecule has 1 amide bonds. The SMILES string of the molecule is O=C(NC1CC2CCC(C1)N2)C1CCC(F)(F)CC1. The molecule has 0 aromatic rings. The monoisotopic (exact) mass is 272 g/mol. The summed E-state index contributed by atoms with van der Waals surface area (Å²) in [6.45, 7) is 0. The van der Waals surface area contributed by atoms with Crippen molar-refractivity contribution in [3.63, 3.8) is 0 Å². The Bertz CT molecular complexity index is 339. The normalized spacial score (nSPS) is 38.1. The highest BCUT2D eigenvalue weighted by Gasteiger charge is 2.39. The van der Waals surface area contributed by atoms with Gasteiger partial charge in [-0.2, -0.15) is 0 Å². The standard InChI is InChI=1S/C14H22F2N2O/c15-14(16)5-3-9(4-6-14)13(19)18-12-7-10-1-2-11(8-12)17-10/h9-12,17H,1-8H2,(H,18,19). The van der Waals surface area contributed by atoms with Gasteiger partial charge in [-0.05, 0) is 38.5 Å². The van der Waals surface area contributed by atoms with Crippen molar-refractivity contribution in [2.75, 3.05) is 0 Å². The molecule has 2 heterocycles. The summed E-state index contributed by atoms with van der Waals surface area (Å²) >= 11 is 0. The van der Waals surface area contributed by atoms with E-state index in [1.165, 1.54) is 12.8 Å². The Labute approximate surface area is 112 Å². The van der Waals surface area contributed by atoms with E-state index < -0.39 is 5.92 Å². The second-order valence-electron chi connectivity index (χ2n) is 6.45. The van der Waals surface area contributed by atoms with Gasteiger partial charge in [0.2, 0.25) is 11.8 Å². The van der Waals surface area contributed by atoms with Crippen LogP contribution in [-0.2, 0) is 4.79 Å². The molecule has 5 heteroatoms. The lowest BCUT2D eigenvalue weighted by molar-refractivity contribution is -0.130. The summed E-state index contributed by atoms with van der Waals surface area (Å²) < 4.78 is 26.1. The van der Waals surface area contributed by atoms with E-state index in [0.717, 1.165) is 12.8 Å². The summed E-state index contributed by atoms with van der Waals surface area (Å²) in [5.74, 6) is -2.75. The molecular weight excluding hydrogens is 250 g/mol. The lowest BCUT2D eigenvalue weighted by Gasteiger charge is -2.32. The first-order valence-corrected chi connectivity index (χ1v) is 7.46. The third-order valence-corrected chi connectivity index (χ3v) is 4.91. The van der Waals surface area contributed by atoms with E-state index in [1.807, 2.05) is 0 Å². The summed E-state index contributed by atoms with van der Waals surface area (Å²) in [5.41, 5.74) is 0. The van der Waals surface area contributed by atoms with Gasteiger partial charge in [0.1, 0.15) is 0 Å². The molecule has 3 rings (SSSR count). The third-order valence-electron chi connectivity index (χ3n) is 4.91. The molecule has 3 nitrogen and oxygen atoms in total. The van der Waals surface area contributed by atoms with Crippen LogP contribution >= 0.6 is 0 Å². The number of hydrogen-bond donors (Lipinski definition) is 2. The van der Waals surface area contributed by atoms with Crippen LogP contribution in [0, 0.1) is 5.92 Å². The van der Waals surface area contributed by atoms with Gasteiger partial charge >= 0.3 is 0 Å². The van der Waals surface area contributed by atoms with Crippen molar-refractivity contribution in [2.45, 2.75) is 75.4 Å². The van der Waals surface area contributed by atoms with Crippen LogP contribution in [0.1, 0.15) is 51.4 Å². The number of carbonyl (C=O) groups is 1. The number of carbonyl (C=O) groups excluding carboxylic acids is 1. The lowest BCUT2D eigenvalue weighted by Crippen LogP contribution is -2.49. The third kappa shape index (κ3) is 3.07. The Morgan fingerprint density at radius 1 is 1.05 bits per heavy atom. The Kier molecular flexibility index (Phi) is 3.50. The second-order valence-corrected chi connectivity index (χ2v) is 6.45. The van der Waals surface area contributed by atoms with Crippen LogP contribution in [0.25, 0.3) is 0 Å². The first kappa shape index (κ1) is 13.3. The molecule has 2 N–H and O–H groups in total. The predicted octanol–water partition coefficient (Wildman–Crippen LogP) is 2.21. The molecule has 3 aliphatic rings. The summed E-state index contributed by atoms with van der Waals surface area (Å²) in [5, 5.41) is 6.63. The molecular formula is C14H22F2N2O. The summed E-state index contributed by atoms with van der Waals surface area (Å²) in [6, 6.07) is 1.33. The molecule has 0 aromatic carbocycles. The van der Waals surface area contributed by atoms with Crippen molar-refractivity contribution in [1.29, 1.82) is 0 Å². The van der Waals surface area contributed by atoms with Crippen LogP contribution in [0.4, 0.5) is 8.78 Å². The van der Waals surface area contributed by atoms with Crippen LogP contribution < -0.4 is 10.6 Å². The fourth-order valence-electron chi connectivity index (χ4n) is 3.80. The highest BCUT2D eigenvalue weighted by atomic mass is 19.3. The van der Waals surface area contributed by atoms with E-state index in [-0.39, 0.29) is 30.7 Å². The zero-order valence-electron chi connectivity index (χ0n) is 11.1. The van der Waals surface area contributed by atoms with Gasteiger partial charge in [0.05, 0.1) is 0 Å². The Hall–Kier alpha value is -0.710. The molecule has 2 saturated heterocycles. The van der Waals surface area contributed by atoms with Gasteiger partial charge < -0.3 is 10.6 Å². The molecule has 0 radical (unpaired) electrons. The van der Waals surface area contributed by atoms with Gasteiger partial charge in [-0.25, -0.2) is 8.78 Å². The van der Waals surface area contributed by atoms with Crippen molar-refractivity contribution in [1.82, 2.24) is 10.6 Å². The summed E-state index contributed by atoms with van der Waals surface area (Å²) in [4.78, 5) is 12.1. The molecule has 2 aliphatic heterocycles. The summed E-state index contributed by atoms with van der Waals surface area (Å²) in [6.07, 6.45) is 4.77. The molecule has 2 unspecified atom stereocenters. The van der Waals surface area contributed by atoms with Gasteiger partial charge in [0, 0.05) is 36.9 Å². The maximum Gasteiger partial charge on any atom is 0.248 e. The number of rotatable bonds is 2. The number of fused-ring (bicyclic) bond motifs is 2. The lowest BCUT2D eigenvalue weighted by atomic mass is 9.85. The van der Waals surface area contributed by atoms with Crippen LogP contribution in [0.5, 0.6) is 0 Å². The Balaban J connectivity index is 1.49. The number of alkyl halides is 2. The Morgan fingerprint density at radius 3 is 2.21 bits per heavy atom. The second kappa shape index (κ2) is 5.00. The average molecular weight is 272 g/mol. The first-order valence-electron chi connectivity index (χ1n) is 7.46. The molecule has 3 fully saturated rings. The molecule has 2 bridgehead atoms. The molecule has 19 heavy (non-hydrogen) atoms. The van der Waals surface area contributed by atoms with Crippen LogP contribution in [0.2, 0.25) is 0 Å². The molecule has 0 aromatic heterocycles. The van der Waals surface area contributed by atoms with E-state index >= 15 is 0 Å². The number of halogens is 2. The smallest absolute Gasteiger partial charge is 0.248 e. The number of hydrogen-bond acceptors (Lipinski definition) is 2. The zero-order chi connectivity index (χ0) is 13.5. The van der Waals surface area contributed by atoms with Crippen molar-refractivity contribution < 1.29 is 13.6 Å². The molecule has 108 valence electrons. The minimum absolute atomic E-state index is 0.00167. The van der Waals surface area contributed by atoms with Crippen LogP contribution in [-0.4, -0.2) is 30.0 Å². The largest absolute Gasteiger partial charge is 0.353 e. The van der Waals surface area contributed by atoms with Crippen LogP contribution in [0.3, 0.4) is 0 Å². The van der Waals surface area contributed by atoms with Crippen molar-refractivity contribution in [3.8, 4) is 0 Å². The molecule has 0 spiro atoms. The number of piperidine rings is 1. The van der Waals surface area contributed by atoms with Crippen molar-refractivity contribution >= 4 is 5.91 Å². The average Bonchev–Trinajstić information content (AvgIpc) is 2.68. The number of nitrogens with one attached hydrogen (secondary N) is 2. The van der Waals surface area contributed by atoms with E-state index in [2.05, 4.69) is 10.6 Å². The predicted molar refractivity (Wildman–Crippen MR) is 68.0 cm³/mol. The van der Waals surface area contributed by atoms with Crippen LogP contribution in [0.15, 0.2) is 0 Å². The molecule has 1 aliphatic carbocycles. The summed E-state index contributed by atoms with van der Waals surface area (Å²) in [7, 11) is 0. The van der Waals surface area contributed by atoms with E-state index in [4.69, 9.17) is 0 Å². The highest BCUT2D eigenvalue weighted by Crippen LogP contribution is 2.36. The number of amides is 1. The van der Waals surface area contributed by atoms with Gasteiger partial charge in [0.15, 0.2) is 0 Å². The van der Waals surface area contributed by atoms with Gasteiger partial charge in [0.25, 0.3) is 0 Å². The molecule has 2 atom stereocenters. The fraction of sp³-hybridized carbons (Fsp3) is 0.929. The maximum absolute atomic E-state index is 13.1. The maximum atomic E-state index is 13.1. The van der Waals surface area contributed by atoms with Crippen molar-refractivity contribution in [3.05, 3.63) is 0 Å². The van der Waals surface area contributed by atoms with Gasteiger partial charge in [-0.3, -0.25) is 4.79 Å². The van der Waals surface area contributed by atoms with E-state index in [0.29, 0.717) is 24.9 Å². The first-order chi connectivity index (χ1) is 9.02. The van der Waals surface area contributed by atoms with Crippen molar-refractivity contribution in [2.24, 2.45) is 5.92 Å². The van der Waals surface area contributed by atoms with E-state index in [9.17, 15) is 13.6 Å². The zero-order valence-corrected chi connectivity index (χ0v) is 11.1. The minimum atomic E-state index is -2.55. The van der Waals surface area contributed by atoms with Gasteiger partial charge in [-0.15, -0.1) is 0 Å². The topological polar surface area (TPSA) is 41.1 Å².